The van der Waals surface area contributed by atoms with Crippen LogP contribution >= 0.6 is 0 Å². The molecule has 1 saturated carbocycles. The molecule has 0 radical (unpaired) electrons. The topological polar surface area (TPSA) is 76.0 Å². The van der Waals surface area contributed by atoms with Gasteiger partial charge >= 0.3 is 5.97 Å². The summed E-state index contributed by atoms with van der Waals surface area (Å²) in [4.78, 5) is 10.5. The number of hydrogen-bond donors (Lipinski definition) is 2. The van der Waals surface area contributed by atoms with Crippen molar-refractivity contribution in [1.29, 1.82) is 0 Å². The van der Waals surface area contributed by atoms with Crippen molar-refractivity contribution in [1.82, 2.24) is 0 Å². The van der Waals surface area contributed by atoms with E-state index in [1.54, 1.807) is 13.8 Å². The third kappa shape index (κ3) is 0.757. The van der Waals surface area contributed by atoms with Gasteiger partial charge < -0.3 is 19.7 Å². The lowest BCUT2D eigenvalue weighted by Crippen LogP contribution is -2.38. The van der Waals surface area contributed by atoms with Gasteiger partial charge in [-0.15, -0.1) is 0 Å². The summed E-state index contributed by atoms with van der Waals surface area (Å²) in [6, 6.07) is 0. The van der Waals surface area contributed by atoms with E-state index in [1.807, 2.05) is 0 Å². The molecule has 2 rings (SSSR count). The van der Waals surface area contributed by atoms with Crippen LogP contribution in [0.5, 0.6) is 0 Å². The largest absolute Gasteiger partial charge is 0.479 e. The smallest absolute Gasteiger partial charge is 0.341 e. The second-order valence-corrected chi connectivity index (χ2v) is 3.61. The zero-order valence-corrected chi connectivity index (χ0v) is 6.77. The van der Waals surface area contributed by atoms with Crippen LogP contribution in [0.4, 0.5) is 0 Å². The van der Waals surface area contributed by atoms with E-state index in [-0.39, 0.29) is 0 Å². The first kappa shape index (κ1) is 7.97. The third-order valence-corrected chi connectivity index (χ3v) is 2.20. The molecule has 0 amide bonds. The zero-order chi connectivity index (χ0) is 9.15. The summed E-state index contributed by atoms with van der Waals surface area (Å²) in [5, 5.41) is 17.9. The number of carbonyl (C=O) groups is 1. The summed E-state index contributed by atoms with van der Waals surface area (Å²) >= 11 is 0. The average Bonchev–Trinajstić information content (AvgIpc) is 2.38. The zero-order valence-electron chi connectivity index (χ0n) is 6.77. The van der Waals surface area contributed by atoms with Crippen molar-refractivity contribution in [3.05, 3.63) is 0 Å². The lowest BCUT2D eigenvalue weighted by Gasteiger charge is -2.22. The number of rotatable bonds is 1. The minimum Gasteiger partial charge on any atom is -0.479 e. The summed E-state index contributed by atoms with van der Waals surface area (Å²) in [5.41, 5.74) is -1.81. The van der Waals surface area contributed by atoms with Gasteiger partial charge in [0.05, 0.1) is 0 Å². The quantitative estimate of drug-likeness (QED) is 0.551. The predicted molar refractivity (Wildman–Crippen MR) is 36.4 cm³/mol. The third-order valence-electron chi connectivity index (χ3n) is 2.20. The van der Waals surface area contributed by atoms with Crippen molar-refractivity contribution in [2.45, 2.75) is 37.4 Å². The maximum Gasteiger partial charge on any atom is 0.341 e. The van der Waals surface area contributed by atoms with Gasteiger partial charge in [0, 0.05) is 0 Å². The van der Waals surface area contributed by atoms with Gasteiger partial charge in [-0.25, -0.2) is 4.79 Å². The van der Waals surface area contributed by atoms with Crippen LogP contribution in [0.15, 0.2) is 0 Å². The molecule has 0 aromatic heterocycles. The molecule has 1 aliphatic carbocycles. The number of hydrogen-bond acceptors (Lipinski definition) is 4. The fraction of sp³-hybridized carbons (Fsp3) is 0.857. The lowest BCUT2D eigenvalue weighted by atomic mass is 10.3. The Morgan fingerprint density at radius 2 is 1.75 bits per heavy atom. The molecule has 1 heterocycles. The number of carboxylic acid groups (broad SMARTS) is 1. The molecule has 2 aliphatic rings. The maximum atomic E-state index is 10.5. The molecule has 5 heteroatoms. The summed E-state index contributed by atoms with van der Waals surface area (Å²) in [7, 11) is 0. The van der Waals surface area contributed by atoms with E-state index in [0.29, 0.717) is 0 Å². The van der Waals surface area contributed by atoms with E-state index >= 15 is 0 Å². The highest BCUT2D eigenvalue weighted by Crippen LogP contribution is 2.51. The molecule has 1 aliphatic heterocycles. The second kappa shape index (κ2) is 1.81. The number of ether oxygens (including phenoxy) is 2. The van der Waals surface area contributed by atoms with Gasteiger partial charge in [-0.3, -0.25) is 0 Å². The molecule has 5 nitrogen and oxygen atoms in total. The highest BCUT2D eigenvalue weighted by molar-refractivity contribution is 5.84. The van der Waals surface area contributed by atoms with Gasteiger partial charge in [-0.1, -0.05) is 0 Å². The molecule has 2 fully saturated rings. The second-order valence-electron chi connectivity index (χ2n) is 3.61. The minimum atomic E-state index is -1.81. The number of fused-ring (bicyclic) bond motifs is 1. The van der Waals surface area contributed by atoms with Crippen molar-refractivity contribution in [3.63, 3.8) is 0 Å². The Kier molecular flexibility index (Phi) is 1.20. The van der Waals surface area contributed by atoms with Crippen molar-refractivity contribution >= 4 is 5.97 Å². The Hall–Kier alpha value is -0.650. The monoisotopic (exact) mass is 174 g/mol. The first-order valence-corrected chi connectivity index (χ1v) is 3.69. The van der Waals surface area contributed by atoms with Gasteiger partial charge in [0.25, 0.3) is 0 Å². The average molecular weight is 174 g/mol. The Bertz CT molecular complexity index is 232. The van der Waals surface area contributed by atoms with E-state index in [1.165, 1.54) is 0 Å². The van der Waals surface area contributed by atoms with Crippen LogP contribution in [0.2, 0.25) is 0 Å². The Morgan fingerprint density at radius 3 is 2.08 bits per heavy atom. The molecule has 0 bridgehead atoms. The molecule has 0 aromatic carbocycles. The first-order chi connectivity index (χ1) is 5.38. The van der Waals surface area contributed by atoms with E-state index < -0.39 is 29.6 Å². The molecule has 1 saturated heterocycles. The van der Waals surface area contributed by atoms with Crippen molar-refractivity contribution < 1.29 is 24.5 Å². The van der Waals surface area contributed by atoms with Crippen LogP contribution in [-0.4, -0.2) is 39.8 Å². The maximum absolute atomic E-state index is 10.5. The molecule has 0 spiro atoms. The minimum absolute atomic E-state index is 0.704. The molecule has 68 valence electrons. The van der Waals surface area contributed by atoms with Crippen molar-refractivity contribution in [2.75, 3.05) is 0 Å². The van der Waals surface area contributed by atoms with Crippen LogP contribution in [0, 0.1) is 0 Å². The van der Waals surface area contributed by atoms with E-state index in [2.05, 4.69) is 0 Å². The summed E-state index contributed by atoms with van der Waals surface area (Å²) in [5.74, 6) is -2.05. The fourth-order valence-corrected chi connectivity index (χ4v) is 1.50. The van der Waals surface area contributed by atoms with Crippen LogP contribution in [-0.2, 0) is 14.3 Å². The number of carboxylic acids is 1. The molecule has 0 aromatic rings. The summed E-state index contributed by atoms with van der Waals surface area (Å²) in [6.07, 6.45) is -1.41. The highest BCUT2D eigenvalue weighted by Gasteiger charge is 2.78. The SMILES string of the molecule is CC1(C)O[C@@H]2[C@@H](O1)C2(O)C(=O)O. The molecule has 0 unspecified atom stereocenters. The number of aliphatic carboxylic acids is 1. The van der Waals surface area contributed by atoms with Gasteiger partial charge in [0.2, 0.25) is 5.60 Å². The molecular formula is C7H10O5. The predicted octanol–water partition coefficient (Wildman–Crippen LogP) is -0.664. The van der Waals surface area contributed by atoms with Crippen molar-refractivity contribution in [2.24, 2.45) is 0 Å². The molecule has 2 atom stereocenters. The Labute approximate surface area is 68.9 Å². The summed E-state index contributed by atoms with van der Waals surface area (Å²) < 4.78 is 10.3. The fourth-order valence-electron chi connectivity index (χ4n) is 1.50. The van der Waals surface area contributed by atoms with E-state index in [0.717, 1.165) is 0 Å². The summed E-state index contributed by atoms with van der Waals surface area (Å²) in [6.45, 7) is 3.36. The number of aliphatic hydroxyl groups is 1. The Balaban J connectivity index is 2.13. The standard InChI is InChI=1S/C7H10O5/c1-6(2)11-3-4(12-6)7(3,10)5(8)9/h3-4,10H,1-2H3,(H,8,9)/t3-,4-/m1/s1. The molecular weight excluding hydrogens is 164 g/mol. The van der Waals surface area contributed by atoms with Crippen LogP contribution in [0.3, 0.4) is 0 Å². The van der Waals surface area contributed by atoms with Gasteiger partial charge in [-0.2, -0.15) is 0 Å². The molecule has 12 heavy (non-hydrogen) atoms. The lowest BCUT2D eigenvalue weighted by molar-refractivity contribution is -0.210. The molecule has 2 N–H and O–H groups in total. The highest BCUT2D eigenvalue weighted by atomic mass is 16.8. The normalized spacial score (nSPS) is 48.6. The first-order valence-electron chi connectivity index (χ1n) is 3.69. The van der Waals surface area contributed by atoms with Gasteiger partial charge in [0.1, 0.15) is 12.2 Å². The van der Waals surface area contributed by atoms with Crippen LogP contribution in [0.25, 0.3) is 0 Å². The van der Waals surface area contributed by atoms with Crippen molar-refractivity contribution in [3.8, 4) is 0 Å². The van der Waals surface area contributed by atoms with Gasteiger partial charge in [0.15, 0.2) is 5.79 Å². The van der Waals surface area contributed by atoms with Crippen LogP contribution in [0.1, 0.15) is 13.8 Å². The van der Waals surface area contributed by atoms with E-state index in [9.17, 15) is 9.90 Å². The Morgan fingerprint density at radius 1 is 1.33 bits per heavy atom. The van der Waals surface area contributed by atoms with Crippen LogP contribution < -0.4 is 0 Å². The van der Waals surface area contributed by atoms with E-state index in [4.69, 9.17) is 14.6 Å². The van der Waals surface area contributed by atoms with Gasteiger partial charge in [-0.05, 0) is 13.8 Å².